The normalized spacial score (nSPS) is 14.3. The summed E-state index contributed by atoms with van der Waals surface area (Å²) < 4.78 is 7.42. The summed E-state index contributed by atoms with van der Waals surface area (Å²) in [5.74, 6) is 0.460. The zero-order chi connectivity index (χ0) is 14.3. The molecule has 0 spiro atoms. The van der Waals surface area contributed by atoms with E-state index in [2.05, 4.69) is 4.57 Å². The van der Waals surface area contributed by atoms with Gasteiger partial charge in [0.15, 0.2) is 0 Å². The molecule has 2 aromatic rings. The van der Waals surface area contributed by atoms with Crippen LogP contribution in [0.25, 0.3) is 11.3 Å². The second-order valence-corrected chi connectivity index (χ2v) is 5.22. The first-order valence-electron chi connectivity index (χ1n) is 6.78. The number of methoxy groups -OCH3 is 1. The van der Waals surface area contributed by atoms with Crippen LogP contribution >= 0.6 is 0 Å². The highest BCUT2D eigenvalue weighted by Crippen LogP contribution is 2.41. The SMILES string of the molecule is COc1ccc(-c2cc(C(N)=O)c(C)n2C2CC2)cc1. The van der Waals surface area contributed by atoms with Gasteiger partial charge in [-0.25, -0.2) is 0 Å². The molecule has 4 heteroatoms. The summed E-state index contributed by atoms with van der Waals surface area (Å²) >= 11 is 0. The third-order valence-corrected chi connectivity index (χ3v) is 3.86. The van der Waals surface area contributed by atoms with Crippen molar-refractivity contribution >= 4 is 5.91 Å². The average molecular weight is 270 g/mol. The molecule has 1 aromatic heterocycles. The van der Waals surface area contributed by atoms with Gasteiger partial charge in [0.2, 0.25) is 0 Å². The highest BCUT2D eigenvalue weighted by Gasteiger charge is 2.29. The van der Waals surface area contributed by atoms with Crippen molar-refractivity contribution in [3.8, 4) is 17.0 Å². The van der Waals surface area contributed by atoms with E-state index in [0.29, 0.717) is 11.6 Å². The molecule has 0 aliphatic heterocycles. The molecule has 0 atom stereocenters. The lowest BCUT2D eigenvalue weighted by Crippen LogP contribution is -2.12. The van der Waals surface area contributed by atoms with Crippen molar-refractivity contribution in [2.45, 2.75) is 25.8 Å². The summed E-state index contributed by atoms with van der Waals surface area (Å²) in [6.07, 6.45) is 2.33. The molecular formula is C16H18N2O2. The van der Waals surface area contributed by atoms with Gasteiger partial charge in [-0.2, -0.15) is 0 Å². The van der Waals surface area contributed by atoms with Crippen molar-refractivity contribution in [3.05, 3.63) is 41.6 Å². The van der Waals surface area contributed by atoms with Crippen molar-refractivity contribution in [1.82, 2.24) is 4.57 Å². The molecule has 104 valence electrons. The number of carbonyl (C=O) groups is 1. The minimum absolute atomic E-state index is 0.364. The van der Waals surface area contributed by atoms with Gasteiger partial charge in [-0.15, -0.1) is 0 Å². The van der Waals surface area contributed by atoms with E-state index in [0.717, 1.165) is 35.5 Å². The Kier molecular flexibility index (Phi) is 3.01. The van der Waals surface area contributed by atoms with E-state index in [-0.39, 0.29) is 5.91 Å². The van der Waals surface area contributed by atoms with Crippen LogP contribution in [0.1, 0.15) is 34.9 Å². The van der Waals surface area contributed by atoms with Gasteiger partial charge in [0, 0.05) is 17.4 Å². The minimum Gasteiger partial charge on any atom is -0.497 e. The van der Waals surface area contributed by atoms with E-state index >= 15 is 0 Å². The number of carbonyl (C=O) groups excluding carboxylic acids is 1. The van der Waals surface area contributed by atoms with Crippen LogP contribution in [0.15, 0.2) is 30.3 Å². The van der Waals surface area contributed by atoms with Crippen molar-refractivity contribution in [2.24, 2.45) is 5.73 Å². The molecule has 1 aliphatic rings. The lowest BCUT2D eigenvalue weighted by molar-refractivity contribution is 0.0999. The Morgan fingerprint density at radius 1 is 1.30 bits per heavy atom. The van der Waals surface area contributed by atoms with Crippen LogP contribution in [0.5, 0.6) is 5.75 Å². The topological polar surface area (TPSA) is 57.2 Å². The van der Waals surface area contributed by atoms with Crippen LogP contribution in [0, 0.1) is 6.92 Å². The standard InChI is InChI=1S/C16H18N2O2/c1-10-14(16(17)19)9-15(18(10)12-5-6-12)11-3-7-13(20-2)8-4-11/h3-4,7-9,12H,5-6H2,1-2H3,(H2,17,19). The van der Waals surface area contributed by atoms with Gasteiger partial charge in [-0.3, -0.25) is 4.79 Å². The van der Waals surface area contributed by atoms with Gasteiger partial charge in [0.25, 0.3) is 5.91 Å². The monoisotopic (exact) mass is 270 g/mol. The van der Waals surface area contributed by atoms with Gasteiger partial charge >= 0.3 is 0 Å². The summed E-state index contributed by atoms with van der Waals surface area (Å²) in [6, 6.07) is 10.3. The van der Waals surface area contributed by atoms with E-state index < -0.39 is 0 Å². The number of rotatable bonds is 4. The van der Waals surface area contributed by atoms with Gasteiger partial charge in [-0.1, -0.05) is 0 Å². The molecule has 0 bridgehead atoms. The summed E-state index contributed by atoms with van der Waals surface area (Å²) in [4.78, 5) is 11.6. The van der Waals surface area contributed by atoms with Crippen molar-refractivity contribution in [3.63, 3.8) is 0 Å². The second-order valence-electron chi connectivity index (χ2n) is 5.22. The van der Waals surface area contributed by atoms with Crippen LogP contribution in [0.4, 0.5) is 0 Å². The molecular weight excluding hydrogens is 252 g/mol. The van der Waals surface area contributed by atoms with Gasteiger partial charge in [0.05, 0.1) is 12.7 Å². The predicted molar refractivity (Wildman–Crippen MR) is 77.9 cm³/mol. The molecule has 1 saturated carbocycles. The Morgan fingerprint density at radius 3 is 2.45 bits per heavy atom. The number of hydrogen-bond donors (Lipinski definition) is 1. The fraction of sp³-hybridized carbons (Fsp3) is 0.312. The summed E-state index contributed by atoms with van der Waals surface area (Å²) in [7, 11) is 1.65. The smallest absolute Gasteiger partial charge is 0.250 e. The molecule has 0 unspecified atom stereocenters. The molecule has 4 nitrogen and oxygen atoms in total. The van der Waals surface area contributed by atoms with Crippen molar-refractivity contribution in [1.29, 1.82) is 0 Å². The maximum absolute atomic E-state index is 11.6. The lowest BCUT2D eigenvalue weighted by atomic mass is 10.1. The summed E-state index contributed by atoms with van der Waals surface area (Å²) in [5, 5.41) is 0. The number of benzene rings is 1. The maximum atomic E-state index is 11.6. The Morgan fingerprint density at radius 2 is 1.95 bits per heavy atom. The van der Waals surface area contributed by atoms with E-state index in [9.17, 15) is 4.79 Å². The number of hydrogen-bond acceptors (Lipinski definition) is 2. The molecule has 1 heterocycles. The zero-order valence-electron chi connectivity index (χ0n) is 11.7. The van der Waals surface area contributed by atoms with Crippen molar-refractivity contribution < 1.29 is 9.53 Å². The zero-order valence-corrected chi connectivity index (χ0v) is 11.7. The molecule has 1 fully saturated rings. The number of amides is 1. The van der Waals surface area contributed by atoms with Gasteiger partial charge in [-0.05, 0) is 55.7 Å². The molecule has 1 aliphatic carbocycles. The van der Waals surface area contributed by atoms with Crippen molar-refractivity contribution in [2.75, 3.05) is 7.11 Å². The molecule has 2 N–H and O–H groups in total. The largest absolute Gasteiger partial charge is 0.497 e. The van der Waals surface area contributed by atoms with Crippen LogP contribution in [-0.4, -0.2) is 17.6 Å². The summed E-state index contributed by atoms with van der Waals surface area (Å²) in [5.41, 5.74) is 9.18. The van der Waals surface area contributed by atoms with Gasteiger partial charge in [0.1, 0.15) is 5.75 Å². The molecule has 1 aromatic carbocycles. The quantitative estimate of drug-likeness (QED) is 0.928. The molecule has 20 heavy (non-hydrogen) atoms. The van der Waals surface area contributed by atoms with E-state index in [4.69, 9.17) is 10.5 Å². The fourth-order valence-electron chi connectivity index (χ4n) is 2.66. The fourth-order valence-corrected chi connectivity index (χ4v) is 2.66. The number of primary amides is 1. The Hall–Kier alpha value is -2.23. The lowest BCUT2D eigenvalue weighted by Gasteiger charge is -2.11. The first kappa shape index (κ1) is 12.8. The number of aromatic nitrogens is 1. The van der Waals surface area contributed by atoms with Crippen LogP contribution in [0.2, 0.25) is 0 Å². The first-order chi connectivity index (χ1) is 9.61. The maximum Gasteiger partial charge on any atom is 0.250 e. The van der Waals surface area contributed by atoms with Gasteiger partial charge < -0.3 is 15.0 Å². The number of nitrogens with two attached hydrogens (primary N) is 1. The average Bonchev–Trinajstić information content (AvgIpc) is 3.22. The highest BCUT2D eigenvalue weighted by molar-refractivity contribution is 5.95. The predicted octanol–water partition coefficient (Wildman–Crippen LogP) is 2.91. The summed E-state index contributed by atoms with van der Waals surface area (Å²) in [6.45, 7) is 1.96. The first-order valence-corrected chi connectivity index (χ1v) is 6.78. The molecule has 0 radical (unpaired) electrons. The minimum atomic E-state index is -0.364. The van der Waals surface area contributed by atoms with E-state index in [1.54, 1.807) is 7.11 Å². The second kappa shape index (κ2) is 4.71. The van der Waals surface area contributed by atoms with Crippen LogP contribution in [-0.2, 0) is 0 Å². The molecule has 1 amide bonds. The third-order valence-electron chi connectivity index (χ3n) is 3.86. The third kappa shape index (κ3) is 2.07. The van der Waals surface area contributed by atoms with E-state index in [1.807, 2.05) is 37.3 Å². The Labute approximate surface area is 118 Å². The molecule has 0 saturated heterocycles. The van der Waals surface area contributed by atoms with E-state index in [1.165, 1.54) is 0 Å². The Balaban J connectivity index is 2.11. The highest BCUT2D eigenvalue weighted by atomic mass is 16.5. The van der Waals surface area contributed by atoms with Crippen LogP contribution < -0.4 is 10.5 Å². The molecule has 3 rings (SSSR count). The van der Waals surface area contributed by atoms with Crippen LogP contribution in [0.3, 0.4) is 0 Å². The Bertz CT molecular complexity index is 652. The number of ether oxygens (including phenoxy) is 1. The number of nitrogens with zero attached hydrogens (tertiary/aromatic N) is 1.